The predicted molar refractivity (Wildman–Crippen MR) is 139 cm³/mol. The zero-order valence-electron chi connectivity index (χ0n) is 21.4. The van der Waals surface area contributed by atoms with Crippen LogP contribution in [0.1, 0.15) is 101 Å². The fourth-order valence-corrected chi connectivity index (χ4v) is 4.69. The topological polar surface area (TPSA) is 9.23 Å². The molecule has 0 aliphatic heterocycles. The molecule has 0 spiro atoms. The molecule has 1 nitrogen and oxygen atoms in total. The molecule has 3 rings (SSSR count). The van der Waals surface area contributed by atoms with Crippen LogP contribution in [0.3, 0.4) is 0 Å². The van der Waals surface area contributed by atoms with Crippen LogP contribution >= 0.6 is 0 Å². The van der Waals surface area contributed by atoms with Gasteiger partial charge in [-0.1, -0.05) is 104 Å². The summed E-state index contributed by atoms with van der Waals surface area (Å²) in [6, 6.07) is 14.1. The second kappa shape index (κ2) is 9.30. The quantitative estimate of drug-likeness (QED) is 0.243. The van der Waals surface area contributed by atoms with E-state index in [0.29, 0.717) is 5.92 Å². The van der Waals surface area contributed by atoms with Crippen molar-refractivity contribution in [1.29, 1.82) is 0 Å². The molecule has 0 radical (unpaired) electrons. The van der Waals surface area contributed by atoms with Crippen LogP contribution in [0.25, 0.3) is 0 Å². The first-order valence-electron chi connectivity index (χ1n) is 12.2. The molecular weight excluding hydrogens is 388 g/mol. The first-order valence-corrected chi connectivity index (χ1v) is 12.2. The highest BCUT2D eigenvalue weighted by Crippen LogP contribution is 2.46. The number of aryl methyl sites for hydroxylation is 1. The summed E-state index contributed by atoms with van der Waals surface area (Å²) in [6.07, 6.45) is 3.91. The molecule has 1 aliphatic carbocycles. The highest BCUT2D eigenvalue weighted by atomic mass is 16.5. The number of hydrogen-bond donors (Lipinski definition) is 0. The summed E-state index contributed by atoms with van der Waals surface area (Å²) in [5, 5.41) is 0. The fourth-order valence-electron chi connectivity index (χ4n) is 4.69. The second-order valence-electron chi connectivity index (χ2n) is 11.4. The molecule has 0 aromatic heterocycles. The van der Waals surface area contributed by atoms with Gasteiger partial charge < -0.3 is 4.74 Å². The van der Waals surface area contributed by atoms with Gasteiger partial charge in [-0.05, 0) is 63.5 Å². The number of fused-ring (bicyclic) bond motifs is 1. The third-order valence-electron chi connectivity index (χ3n) is 6.70. The van der Waals surface area contributed by atoms with Crippen LogP contribution < -0.4 is 0 Å². The first-order chi connectivity index (χ1) is 14.9. The molecule has 1 unspecified atom stereocenters. The van der Waals surface area contributed by atoms with Gasteiger partial charge in [0.15, 0.2) is 0 Å². The molecule has 2 aromatic rings. The Balaban J connectivity index is 1.88. The van der Waals surface area contributed by atoms with E-state index >= 15 is 0 Å². The minimum absolute atomic E-state index is 0.121. The number of hydrogen-bond acceptors (Lipinski definition) is 1. The maximum Gasteiger partial charge on any atom is 0.0885 e. The van der Waals surface area contributed by atoms with Gasteiger partial charge in [-0.2, -0.15) is 0 Å². The lowest BCUT2D eigenvalue weighted by molar-refractivity contribution is 0.202. The van der Waals surface area contributed by atoms with Gasteiger partial charge in [0.05, 0.1) is 12.4 Å². The van der Waals surface area contributed by atoms with Gasteiger partial charge in [0.2, 0.25) is 0 Å². The fraction of sp³-hybridized carbons (Fsp3) is 0.484. The molecule has 1 aliphatic rings. The normalized spacial score (nSPS) is 16.2. The maximum absolute atomic E-state index is 5.64. The van der Waals surface area contributed by atoms with E-state index < -0.39 is 0 Å². The van der Waals surface area contributed by atoms with Gasteiger partial charge in [0.1, 0.15) is 0 Å². The summed E-state index contributed by atoms with van der Waals surface area (Å²) in [5.74, 6) is 1.17. The lowest BCUT2D eigenvalue weighted by Crippen LogP contribution is -2.19. The van der Waals surface area contributed by atoms with E-state index in [1.165, 1.54) is 39.0 Å². The zero-order valence-corrected chi connectivity index (χ0v) is 21.4. The molecule has 1 heteroatoms. The molecule has 0 N–H and O–H groups in total. The zero-order chi connectivity index (χ0) is 23.7. The SMILES string of the molecule is C=C(CC)OCCCc1ccc(C2C(=C)Cc3c2cc(C(C)(C)C)cc3C(C)(C)C)cc1. The number of ether oxygens (including phenoxy) is 1. The van der Waals surface area contributed by atoms with Crippen molar-refractivity contribution in [2.45, 2.75) is 90.9 Å². The molecule has 0 amide bonds. The number of allylic oxidation sites excluding steroid dienone is 2. The van der Waals surface area contributed by atoms with E-state index in [1.807, 2.05) is 0 Å². The van der Waals surface area contributed by atoms with Gasteiger partial charge >= 0.3 is 0 Å². The Hall–Kier alpha value is -2.28. The van der Waals surface area contributed by atoms with Crippen molar-refractivity contribution in [2.24, 2.45) is 0 Å². The first kappa shape index (κ1) is 24.4. The van der Waals surface area contributed by atoms with Crippen molar-refractivity contribution in [1.82, 2.24) is 0 Å². The van der Waals surface area contributed by atoms with Gasteiger partial charge in [0.25, 0.3) is 0 Å². The molecular formula is C31H42O. The van der Waals surface area contributed by atoms with Crippen molar-refractivity contribution in [3.05, 3.63) is 94.3 Å². The Morgan fingerprint density at radius 2 is 1.66 bits per heavy atom. The van der Waals surface area contributed by atoms with Crippen LogP contribution in [-0.4, -0.2) is 6.61 Å². The molecule has 0 saturated heterocycles. The van der Waals surface area contributed by atoms with Gasteiger partial charge in [0, 0.05) is 12.3 Å². The van der Waals surface area contributed by atoms with E-state index in [9.17, 15) is 0 Å². The molecule has 0 heterocycles. The molecule has 0 bridgehead atoms. The van der Waals surface area contributed by atoms with Crippen LogP contribution in [0.15, 0.2) is 60.9 Å². The monoisotopic (exact) mass is 430 g/mol. The van der Waals surface area contributed by atoms with E-state index in [4.69, 9.17) is 4.74 Å². The highest BCUT2D eigenvalue weighted by Gasteiger charge is 2.34. The third kappa shape index (κ3) is 5.37. The van der Waals surface area contributed by atoms with E-state index in [0.717, 1.165) is 38.0 Å². The van der Waals surface area contributed by atoms with Crippen LogP contribution in [0, 0.1) is 0 Å². The van der Waals surface area contributed by atoms with Gasteiger partial charge in [-0.25, -0.2) is 0 Å². The lowest BCUT2D eigenvalue weighted by Gasteiger charge is -2.28. The van der Waals surface area contributed by atoms with Crippen LogP contribution in [-0.2, 0) is 28.4 Å². The average Bonchev–Trinajstić information content (AvgIpc) is 3.05. The summed E-state index contributed by atoms with van der Waals surface area (Å²) in [4.78, 5) is 0. The molecule has 0 fully saturated rings. The number of rotatable bonds is 7. The van der Waals surface area contributed by atoms with E-state index in [-0.39, 0.29) is 10.8 Å². The molecule has 1 atom stereocenters. The Morgan fingerprint density at radius 1 is 1.00 bits per heavy atom. The summed E-state index contributed by atoms with van der Waals surface area (Å²) < 4.78 is 5.64. The predicted octanol–water partition coefficient (Wildman–Crippen LogP) is 8.40. The van der Waals surface area contributed by atoms with Crippen LogP contribution in [0.4, 0.5) is 0 Å². The van der Waals surface area contributed by atoms with Crippen molar-refractivity contribution in [3.63, 3.8) is 0 Å². The Bertz CT molecular complexity index is 977. The summed E-state index contributed by atoms with van der Waals surface area (Å²) in [5.41, 5.74) is 10.1. The molecule has 2 aromatic carbocycles. The van der Waals surface area contributed by atoms with Crippen molar-refractivity contribution in [3.8, 4) is 0 Å². The molecule has 0 saturated carbocycles. The summed E-state index contributed by atoms with van der Waals surface area (Å²) in [7, 11) is 0. The summed E-state index contributed by atoms with van der Waals surface area (Å²) >= 11 is 0. The standard InChI is InChI=1S/C31H42O/c1-10-22(3)32-17-11-12-23-13-15-24(16-14-23)29-21(2)18-26-27(29)19-25(30(4,5)6)20-28(26)31(7,8)9/h13-16,19-20,29H,2-3,10-12,17-18H2,1,4-9H3. The van der Waals surface area contributed by atoms with Crippen molar-refractivity contribution in [2.75, 3.05) is 6.61 Å². The summed E-state index contributed by atoms with van der Waals surface area (Å²) in [6.45, 7) is 25.2. The van der Waals surface area contributed by atoms with Crippen LogP contribution in [0.5, 0.6) is 0 Å². The largest absolute Gasteiger partial charge is 0.499 e. The van der Waals surface area contributed by atoms with E-state index in [1.54, 1.807) is 0 Å². The van der Waals surface area contributed by atoms with Gasteiger partial charge in [-0.3, -0.25) is 0 Å². The molecule has 172 valence electrons. The lowest BCUT2D eigenvalue weighted by atomic mass is 9.76. The number of benzene rings is 2. The van der Waals surface area contributed by atoms with Crippen LogP contribution in [0.2, 0.25) is 0 Å². The highest BCUT2D eigenvalue weighted by molar-refractivity contribution is 5.58. The molecule has 32 heavy (non-hydrogen) atoms. The Morgan fingerprint density at radius 3 is 2.22 bits per heavy atom. The Kier molecular flexibility index (Phi) is 7.08. The van der Waals surface area contributed by atoms with Gasteiger partial charge in [-0.15, -0.1) is 0 Å². The Labute approximate surface area is 196 Å². The smallest absolute Gasteiger partial charge is 0.0885 e. The van der Waals surface area contributed by atoms with Crippen molar-refractivity contribution >= 4 is 0 Å². The third-order valence-corrected chi connectivity index (χ3v) is 6.70. The van der Waals surface area contributed by atoms with Crippen molar-refractivity contribution < 1.29 is 4.74 Å². The van der Waals surface area contributed by atoms with E-state index in [2.05, 4.69) is 98.0 Å². The maximum atomic E-state index is 5.64. The minimum atomic E-state index is 0.121. The second-order valence-corrected chi connectivity index (χ2v) is 11.4. The average molecular weight is 431 g/mol. The minimum Gasteiger partial charge on any atom is -0.499 e.